The Bertz CT molecular complexity index is 1380. The van der Waals surface area contributed by atoms with Crippen LogP contribution in [0.1, 0.15) is 12.0 Å². The molecule has 10 nitrogen and oxygen atoms in total. The van der Waals surface area contributed by atoms with Gasteiger partial charge in [0.15, 0.2) is 16.7 Å². The lowest BCUT2D eigenvalue weighted by Crippen LogP contribution is -2.36. The molecule has 0 unspecified atom stereocenters. The summed E-state index contributed by atoms with van der Waals surface area (Å²) in [4.78, 5) is 36.6. The molecule has 1 aliphatic rings. The molecule has 0 bridgehead atoms. The van der Waals surface area contributed by atoms with E-state index in [4.69, 9.17) is 17.0 Å². The van der Waals surface area contributed by atoms with Crippen molar-refractivity contribution in [2.24, 2.45) is 5.92 Å². The molecule has 2 aromatic carbocycles. The van der Waals surface area contributed by atoms with E-state index >= 15 is 0 Å². The van der Waals surface area contributed by atoms with Crippen molar-refractivity contribution in [2.45, 2.75) is 12.8 Å². The van der Waals surface area contributed by atoms with E-state index < -0.39 is 17.5 Å². The number of likely N-dealkylation sites (tertiary alicyclic amines) is 1. The molecular formula is C27H29F2N7O3S. The maximum atomic E-state index is 14.8. The van der Waals surface area contributed by atoms with Gasteiger partial charge in [-0.1, -0.05) is 12.1 Å². The molecule has 1 atom stereocenters. The second-order valence-corrected chi connectivity index (χ2v) is 9.93. The molecule has 210 valence electrons. The van der Waals surface area contributed by atoms with Crippen LogP contribution in [-0.2, 0) is 11.2 Å². The zero-order chi connectivity index (χ0) is 28.6. The summed E-state index contributed by atoms with van der Waals surface area (Å²) in [5, 5.41) is 7.90. The summed E-state index contributed by atoms with van der Waals surface area (Å²) in [5.41, 5.74) is 0.898. The Hall–Kier alpha value is -4.23. The second kappa shape index (κ2) is 13.2. The molecule has 1 aromatic heterocycles. The molecular weight excluding hydrogens is 540 g/mol. The van der Waals surface area contributed by atoms with Gasteiger partial charge in [0.05, 0.1) is 6.42 Å². The SMILES string of the molecule is CN1CC[C@H](CN(C)C(=O)Nc2cc(Oc3ccc(NC(=S)NC(=O)Cc4ccc(F)cc4)cc3F)ncn2)C1. The van der Waals surface area contributed by atoms with Gasteiger partial charge in [-0.05, 0) is 68.0 Å². The van der Waals surface area contributed by atoms with Crippen LogP contribution in [0.15, 0.2) is 54.9 Å². The van der Waals surface area contributed by atoms with Gasteiger partial charge >= 0.3 is 6.03 Å². The van der Waals surface area contributed by atoms with Gasteiger partial charge in [0.2, 0.25) is 11.8 Å². The van der Waals surface area contributed by atoms with Gasteiger partial charge in [-0.2, -0.15) is 0 Å². The number of urea groups is 1. The highest BCUT2D eigenvalue weighted by atomic mass is 32.1. The highest BCUT2D eigenvalue weighted by molar-refractivity contribution is 7.80. The summed E-state index contributed by atoms with van der Waals surface area (Å²) >= 11 is 5.13. The Labute approximate surface area is 235 Å². The van der Waals surface area contributed by atoms with Crippen molar-refractivity contribution in [3.05, 3.63) is 72.1 Å². The van der Waals surface area contributed by atoms with E-state index in [1.807, 2.05) is 0 Å². The van der Waals surface area contributed by atoms with E-state index in [1.54, 1.807) is 11.9 Å². The molecule has 0 radical (unpaired) electrons. The first-order valence-electron chi connectivity index (χ1n) is 12.5. The van der Waals surface area contributed by atoms with Crippen LogP contribution < -0.4 is 20.7 Å². The van der Waals surface area contributed by atoms with Gasteiger partial charge in [-0.25, -0.2) is 23.5 Å². The minimum Gasteiger partial charge on any atom is -0.436 e. The lowest BCUT2D eigenvalue weighted by Gasteiger charge is -2.21. The molecule has 4 rings (SSSR count). The summed E-state index contributed by atoms with van der Waals surface area (Å²) < 4.78 is 33.3. The molecule has 1 aliphatic heterocycles. The predicted octanol–water partition coefficient (Wildman–Crippen LogP) is 4.02. The monoisotopic (exact) mass is 569 g/mol. The van der Waals surface area contributed by atoms with Crippen LogP contribution in [0.5, 0.6) is 11.6 Å². The highest BCUT2D eigenvalue weighted by Crippen LogP contribution is 2.26. The first-order valence-corrected chi connectivity index (χ1v) is 12.9. The number of carbonyl (C=O) groups excluding carboxylic acids is 2. The van der Waals surface area contributed by atoms with Gasteiger partial charge < -0.3 is 25.2 Å². The largest absolute Gasteiger partial charge is 0.436 e. The number of ether oxygens (including phenoxy) is 1. The second-order valence-electron chi connectivity index (χ2n) is 9.52. The van der Waals surface area contributed by atoms with Gasteiger partial charge in [0, 0.05) is 38.0 Å². The number of hydrogen-bond donors (Lipinski definition) is 3. The molecule has 2 heterocycles. The topological polar surface area (TPSA) is 112 Å². The minimum atomic E-state index is -0.712. The maximum absolute atomic E-state index is 14.8. The van der Waals surface area contributed by atoms with Crippen molar-refractivity contribution in [1.29, 1.82) is 0 Å². The smallest absolute Gasteiger partial charge is 0.322 e. The molecule has 3 amide bonds. The molecule has 13 heteroatoms. The number of halogens is 2. The Morgan fingerprint density at radius 3 is 2.60 bits per heavy atom. The Morgan fingerprint density at radius 2 is 1.90 bits per heavy atom. The van der Waals surface area contributed by atoms with E-state index in [-0.39, 0.29) is 40.7 Å². The third kappa shape index (κ3) is 8.38. The van der Waals surface area contributed by atoms with E-state index in [1.165, 1.54) is 48.8 Å². The van der Waals surface area contributed by atoms with Crippen LogP contribution in [0.3, 0.4) is 0 Å². The Kier molecular flexibility index (Phi) is 9.51. The fourth-order valence-electron chi connectivity index (χ4n) is 4.21. The number of carbonyl (C=O) groups is 2. The predicted molar refractivity (Wildman–Crippen MR) is 150 cm³/mol. The average molecular weight is 570 g/mol. The normalized spacial score (nSPS) is 14.8. The molecule has 3 aromatic rings. The lowest BCUT2D eigenvalue weighted by molar-refractivity contribution is -0.119. The first kappa shape index (κ1) is 28.8. The number of thiocarbonyl (C=S) groups is 1. The molecule has 0 spiro atoms. The van der Waals surface area contributed by atoms with Crippen molar-refractivity contribution < 1.29 is 23.1 Å². The van der Waals surface area contributed by atoms with Crippen molar-refractivity contribution in [2.75, 3.05) is 44.4 Å². The van der Waals surface area contributed by atoms with Crippen LogP contribution >= 0.6 is 12.2 Å². The number of anilines is 2. The standard InChI is InChI=1S/C27H29F2N7O3S/c1-35-10-9-18(14-35)15-36(2)27(38)33-23-13-25(31-16-30-23)39-22-8-7-20(12-21(22)29)32-26(40)34-24(37)11-17-3-5-19(28)6-4-17/h3-8,12-13,16,18H,9-11,14-15H2,1-2H3,(H,30,31,33,38)(H2,32,34,37,40)/t18-/m0/s1. The summed E-state index contributed by atoms with van der Waals surface area (Å²) in [6.45, 7) is 2.58. The number of rotatable bonds is 8. The summed E-state index contributed by atoms with van der Waals surface area (Å²) in [7, 11) is 3.78. The zero-order valence-electron chi connectivity index (χ0n) is 22.0. The summed E-state index contributed by atoms with van der Waals surface area (Å²) in [5.74, 6) is -0.967. The van der Waals surface area contributed by atoms with Gasteiger partial charge in [-0.3, -0.25) is 10.1 Å². The fourth-order valence-corrected chi connectivity index (χ4v) is 4.44. The number of hydrogen-bond acceptors (Lipinski definition) is 7. The number of nitrogens with one attached hydrogen (secondary N) is 3. The molecule has 3 N–H and O–H groups in total. The van der Waals surface area contributed by atoms with E-state index in [0.29, 0.717) is 18.0 Å². The van der Waals surface area contributed by atoms with Crippen molar-refractivity contribution in [3.8, 4) is 11.6 Å². The third-order valence-corrected chi connectivity index (χ3v) is 6.38. The van der Waals surface area contributed by atoms with Crippen LogP contribution in [0.25, 0.3) is 0 Å². The summed E-state index contributed by atoms with van der Waals surface area (Å²) in [6, 6.07) is 10.6. The highest BCUT2D eigenvalue weighted by Gasteiger charge is 2.23. The van der Waals surface area contributed by atoms with Crippen LogP contribution in [0.4, 0.5) is 25.1 Å². The third-order valence-electron chi connectivity index (χ3n) is 6.18. The van der Waals surface area contributed by atoms with Crippen molar-refractivity contribution >= 4 is 40.8 Å². The van der Waals surface area contributed by atoms with Crippen molar-refractivity contribution in [1.82, 2.24) is 25.1 Å². The van der Waals surface area contributed by atoms with Crippen LogP contribution in [-0.4, -0.2) is 70.5 Å². The number of amides is 3. The average Bonchev–Trinajstić information content (AvgIpc) is 3.31. The Morgan fingerprint density at radius 1 is 1.12 bits per heavy atom. The molecule has 1 fully saturated rings. The van der Waals surface area contributed by atoms with Crippen molar-refractivity contribution in [3.63, 3.8) is 0 Å². The quantitative estimate of drug-likeness (QED) is 0.349. The number of benzene rings is 2. The Balaban J connectivity index is 1.28. The fraction of sp³-hybridized carbons (Fsp3) is 0.296. The van der Waals surface area contributed by atoms with E-state index in [0.717, 1.165) is 25.6 Å². The van der Waals surface area contributed by atoms with Crippen LogP contribution in [0, 0.1) is 17.6 Å². The van der Waals surface area contributed by atoms with E-state index in [9.17, 15) is 18.4 Å². The molecule has 0 aliphatic carbocycles. The van der Waals surface area contributed by atoms with E-state index in [2.05, 4.69) is 37.9 Å². The molecule has 1 saturated heterocycles. The van der Waals surface area contributed by atoms with Gasteiger partial charge in [-0.15, -0.1) is 0 Å². The lowest BCUT2D eigenvalue weighted by atomic mass is 10.1. The molecule has 40 heavy (non-hydrogen) atoms. The maximum Gasteiger partial charge on any atom is 0.322 e. The van der Waals surface area contributed by atoms with Gasteiger partial charge in [0.1, 0.15) is 18.0 Å². The number of aromatic nitrogens is 2. The first-order chi connectivity index (χ1) is 19.1. The van der Waals surface area contributed by atoms with Gasteiger partial charge in [0.25, 0.3) is 0 Å². The van der Waals surface area contributed by atoms with Crippen LogP contribution in [0.2, 0.25) is 0 Å². The number of nitrogens with zero attached hydrogens (tertiary/aromatic N) is 4. The zero-order valence-corrected chi connectivity index (χ0v) is 22.8. The summed E-state index contributed by atoms with van der Waals surface area (Å²) in [6.07, 6.45) is 2.24. The molecule has 0 saturated carbocycles. The minimum absolute atomic E-state index is 0.000975.